The Labute approximate surface area is 97.8 Å². The number of hydrogen-bond donors (Lipinski definition) is 4. The normalized spacial score (nSPS) is 11.6. The lowest BCUT2D eigenvalue weighted by Crippen LogP contribution is -2.49. The maximum absolute atomic E-state index is 11.5. The first kappa shape index (κ1) is 15.2. The molecule has 0 aromatic rings. The molecule has 1 unspecified atom stereocenters. The lowest BCUT2D eigenvalue weighted by Gasteiger charge is -2.22. The number of carbonyl (C=O) groups is 3. The predicted octanol–water partition coefficient (Wildman–Crippen LogP) is -1.06. The van der Waals surface area contributed by atoms with Crippen LogP contribution in [0.25, 0.3) is 0 Å². The fraction of sp³-hybridized carbons (Fsp3) is 0.667. The van der Waals surface area contributed by atoms with E-state index in [1.165, 1.54) is 4.90 Å². The number of aliphatic hydroxyl groups is 1. The van der Waals surface area contributed by atoms with Crippen LogP contribution in [0.1, 0.15) is 13.3 Å². The summed E-state index contributed by atoms with van der Waals surface area (Å²) >= 11 is 0. The van der Waals surface area contributed by atoms with Crippen LogP contribution in [-0.4, -0.2) is 63.9 Å². The van der Waals surface area contributed by atoms with E-state index in [-0.39, 0.29) is 19.7 Å². The van der Waals surface area contributed by atoms with E-state index in [4.69, 9.17) is 15.3 Å². The van der Waals surface area contributed by atoms with Gasteiger partial charge in [0, 0.05) is 13.1 Å². The lowest BCUT2D eigenvalue weighted by molar-refractivity contribution is -0.145. The van der Waals surface area contributed by atoms with E-state index < -0.39 is 30.4 Å². The van der Waals surface area contributed by atoms with Gasteiger partial charge < -0.3 is 25.5 Å². The van der Waals surface area contributed by atoms with E-state index in [0.717, 1.165) is 0 Å². The quantitative estimate of drug-likeness (QED) is 0.454. The minimum Gasteiger partial charge on any atom is -0.481 e. The topological polar surface area (TPSA) is 127 Å². The van der Waals surface area contributed by atoms with E-state index in [1.807, 2.05) is 0 Å². The number of hydrogen-bond acceptors (Lipinski definition) is 4. The van der Waals surface area contributed by atoms with Crippen LogP contribution in [0.2, 0.25) is 0 Å². The highest BCUT2D eigenvalue weighted by molar-refractivity contribution is 5.86. The van der Waals surface area contributed by atoms with Crippen molar-refractivity contribution in [3.63, 3.8) is 0 Å². The molecule has 8 heteroatoms. The molecule has 0 fully saturated rings. The van der Waals surface area contributed by atoms with Gasteiger partial charge in [0.2, 0.25) is 0 Å². The van der Waals surface area contributed by atoms with Gasteiger partial charge in [-0.3, -0.25) is 4.79 Å². The van der Waals surface area contributed by atoms with Crippen LogP contribution in [0.4, 0.5) is 4.79 Å². The first-order chi connectivity index (χ1) is 7.92. The van der Waals surface area contributed by atoms with Gasteiger partial charge in [0.05, 0.1) is 13.0 Å². The van der Waals surface area contributed by atoms with Gasteiger partial charge in [-0.1, -0.05) is 0 Å². The molecular formula is C9H16N2O6. The molecule has 0 aliphatic heterocycles. The second-order valence-electron chi connectivity index (χ2n) is 3.24. The third-order valence-corrected chi connectivity index (χ3v) is 2.01. The summed E-state index contributed by atoms with van der Waals surface area (Å²) in [6, 6.07) is -2.19. The first-order valence-corrected chi connectivity index (χ1v) is 5.03. The first-order valence-electron chi connectivity index (χ1n) is 5.03. The molecule has 0 heterocycles. The highest BCUT2D eigenvalue weighted by atomic mass is 16.4. The fourth-order valence-electron chi connectivity index (χ4n) is 1.14. The van der Waals surface area contributed by atoms with Gasteiger partial charge in [-0.25, -0.2) is 9.59 Å². The van der Waals surface area contributed by atoms with Gasteiger partial charge in [0.1, 0.15) is 6.04 Å². The van der Waals surface area contributed by atoms with Crippen LogP contribution in [0.5, 0.6) is 0 Å². The van der Waals surface area contributed by atoms with Gasteiger partial charge in [0.25, 0.3) is 0 Å². The van der Waals surface area contributed by atoms with Gasteiger partial charge in [-0.05, 0) is 6.92 Å². The van der Waals surface area contributed by atoms with Gasteiger partial charge in [-0.15, -0.1) is 0 Å². The summed E-state index contributed by atoms with van der Waals surface area (Å²) in [5.41, 5.74) is 0. The number of nitrogens with one attached hydrogen (secondary N) is 1. The average molecular weight is 248 g/mol. The van der Waals surface area contributed by atoms with Gasteiger partial charge >= 0.3 is 18.0 Å². The molecule has 1 atom stereocenters. The molecule has 0 radical (unpaired) electrons. The number of carboxylic acid groups (broad SMARTS) is 2. The van der Waals surface area contributed by atoms with Crippen molar-refractivity contribution >= 4 is 18.0 Å². The summed E-state index contributed by atoms with van der Waals surface area (Å²) in [6.07, 6.45) is -0.697. The van der Waals surface area contributed by atoms with Gasteiger partial charge in [-0.2, -0.15) is 0 Å². The standard InChI is InChI=1S/C9H16N2O6/c1-2-11(3-4-12)9(17)10-6(8(15)16)5-7(13)14/h6,12H,2-5H2,1H3,(H,10,17)(H,13,14)(H,15,16). The molecule has 2 amide bonds. The Morgan fingerprint density at radius 3 is 2.24 bits per heavy atom. The van der Waals surface area contributed by atoms with Crippen LogP contribution in [-0.2, 0) is 9.59 Å². The van der Waals surface area contributed by atoms with Crippen LogP contribution in [0.15, 0.2) is 0 Å². The maximum atomic E-state index is 11.5. The second kappa shape index (κ2) is 7.44. The summed E-state index contributed by atoms with van der Waals surface area (Å²) in [5, 5.41) is 27.9. The zero-order valence-electron chi connectivity index (χ0n) is 9.42. The molecule has 0 saturated carbocycles. The van der Waals surface area contributed by atoms with Crippen molar-refractivity contribution in [2.45, 2.75) is 19.4 Å². The molecule has 8 nitrogen and oxygen atoms in total. The molecule has 17 heavy (non-hydrogen) atoms. The molecule has 4 N–H and O–H groups in total. The molecule has 0 aromatic carbocycles. The average Bonchev–Trinajstić information content (AvgIpc) is 2.23. The largest absolute Gasteiger partial charge is 0.481 e. The number of aliphatic carboxylic acids is 2. The van der Waals surface area contributed by atoms with Crippen molar-refractivity contribution in [1.82, 2.24) is 10.2 Å². The van der Waals surface area contributed by atoms with Crippen molar-refractivity contribution < 1.29 is 29.7 Å². The summed E-state index contributed by atoms with van der Waals surface area (Å²) in [6.45, 7) is 1.74. The van der Waals surface area contributed by atoms with E-state index >= 15 is 0 Å². The number of aliphatic hydroxyl groups excluding tert-OH is 1. The van der Waals surface area contributed by atoms with Crippen LogP contribution >= 0.6 is 0 Å². The molecule has 0 aromatic heterocycles. The van der Waals surface area contributed by atoms with E-state index in [2.05, 4.69) is 5.32 Å². The summed E-state index contributed by atoms with van der Waals surface area (Å²) in [4.78, 5) is 33.8. The van der Waals surface area contributed by atoms with Crippen molar-refractivity contribution in [1.29, 1.82) is 0 Å². The molecule has 98 valence electrons. The van der Waals surface area contributed by atoms with Crippen LogP contribution in [0, 0.1) is 0 Å². The molecule has 0 saturated heterocycles. The number of urea groups is 1. The van der Waals surface area contributed by atoms with Gasteiger partial charge in [0.15, 0.2) is 0 Å². The Morgan fingerprint density at radius 2 is 1.88 bits per heavy atom. The Balaban J connectivity index is 4.47. The number of nitrogens with zero attached hydrogens (tertiary/aromatic N) is 1. The van der Waals surface area contributed by atoms with E-state index in [1.54, 1.807) is 6.92 Å². The van der Waals surface area contributed by atoms with Crippen molar-refractivity contribution in [2.24, 2.45) is 0 Å². The van der Waals surface area contributed by atoms with Crippen molar-refractivity contribution in [3.05, 3.63) is 0 Å². The summed E-state index contributed by atoms with van der Waals surface area (Å²) in [5.74, 6) is -2.73. The zero-order valence-corrected chi connectivity index (χ0v) is 9.42. The molecule has 0 aliphatic rings. The Bertz CT molecular complexity index is 293. The fourth-order valence-corrected chi connectivity index (χ4v) is 1.14. The molecule has 0 bridgehead atoms. The second-order valence-corrected chi connectivity index (χ2v) is 3.24. The minimum atomic E-state index is -1.48. The molecule has 0 spiro atoms. The summed E-state index contributed by atoms with van der Waals surface area (Å²) in [7, 11) is 0. The zero-order chi connectivity index (χ0) is 13.4. The Kier molecular flexibility index (Phi) is 6.64. The monoisotopic (exact) mass is 248 g/mol. The highest BCUT2D eigenvalue weighted by Crippen LogP contribution is 1.96. The SMILES string of the molecule is CCN(CCO)C(=O)NC(CC(=O)O)C(=O)O. The van der Waals surface area contributed by atoms with E-state index in [9.17, 15) is 14.4 Å². The number of carboxylic acids is 2. The Morgan fingerprint density at radius 1 is 1.29 bits per heavy atom. The molecule has 0 rings (SSSR count). The van der Waals surface area contributed by atoms with Crippen LogP contribution in [0.3, 0.4) is 0 Å². The minimum absolute atomic E-state index is 0.0573. The van der Waals surface area contributed by atoms with Crippen LogP contribution < -0.4 is 5.32 Å². The molecule has 0 aliphatic carbocycles. The Hall–Kier alpha value is -1.83. The highest BCUT2D eigenvalue weighted by Gasteiger charge is 2.24. The number of rotatable bonds is 7. The van der Waals surface area contributed by atoms with Crippen molar-refractivity contribution in [2.75, 3.05) is 19.7 Å². The van der Waals surface area contributed by atoms with Crippen molar-refractivity contribution in [3.8, 4) is 0 Å². The smallest absolute Gasteiger partial charge is 0.326 e. The van der Waals surface area contributed by atoms with E-state index in [0.29, 0.717) is 0 Å². The third kappa shape index (κ3) is 5.71. The maximum Gasteiger partial charge on any atom is 0.326 e. The third-order valence-electron chi connectivity index (χ3n) is 2.01. The predicted molar refractivity (Wildman–Crippen MR) is 56.5 cm³/mol. The number of carbonyl (C=O) groups excluding carboxylic acids is 1. The number of amides is 2. The summed E-state index contributed by atoms with van der Waals surface area (Å²) < 4.78 is 0. The number of likely N-dealkylation sites (N-methyl/N-ethyl adjacent to an activating group) is 1. The lowest BCUT2D eigenvalue weighted by atomic mass is 10.2. The molecular weight excluding hydrogens is 232 g/mol.